The van der Waals surface area contributed by atoms with Crippen molar-refractivity contribution in [1.29, 1.82) is 0 Å². The van der Waals surface area contributed by atoms with E-state index in [9.17, 15) is 0 Å². The molecule has 0 radical (unpaired) electrons. The summed E-state index contributed by atoms with van der Waals surface area (Å²) >= 11 is -0.354. The summed E-state index contributed by atoms with van der Waals surface area (Å²) in [6.45, 7) is 0. The van der Waals surface area contributed by atoms with E-state index < -0.39 is 0 Å². The minimum atomic E-state index is -0.354. The van der Waals surface area contributed by atoms with Crippen molar-refractivity contribution < 1.29 is 19.2 Å². The van der Waals surface area contributed by atoms with E-state index in [2.05, 4.69) is 146 Å². The zero-order valence-electron chi connectivity index (χ0n) is 23.2. The van der Waals surface area contributed by atoms with Crippen LogP contribution in [0.25, 0.3) is 22.3 Å². The van der Waals surface area contributed by atoms with Gasteiger partial charge in [0.05, 0.1) is 0 Å². The van der Waals surface area contributed by atoms with E-state index in [-0.39, 0.29) is 19.2 Å². The van der Waals surface area contributed by atoms with Gasteiger partial charge in [0.15, 0.2) is 0 Å². The fourth-order valence-corrected chi connectivity index (χ4v) is 8.45. The van der Waals surface area contributed by atoms with Gasteiger partial charge in [-0.15, -0.1) is 0 Å². The Balaban J connectivity index is 0.000000167. The first-order valence-corrected chi connectivity index (χ1v) is 16.1. The number of hydrogen-bond donors (Lipinski definition) is 0. The molecule has 6 aromatic rings. The summed E-state index contributed by atoms with van der Waals surface area (Å²) in [4.78, 5) is 0. The molecule has 0 saturated heterocycles. The molecule has 1 heteroatoms. The Hall–Kier alpha value is -3.97. The standard InChI is InChI=1S/C14H14.2C13H9.Ti/c1-3-7-13(8-4-1)11-12-14-9-5-2-6-10-14;2*1-3-7-12-10(5-1)9-11-6-2-4-8-13(11)12;/h1-10H,11-12H2;2*1-5,7-8H,9H2;. The summed E-state index contributed by atoms with van der Waals surface area (Å²) in [7, 11) is 0. The number of rotatable bonds is 5. The van der Waals surface area contributed by atoms with Gasteiger partial charge >= 0.3 is 169 Å². The molecule has 0 amide bonds. The molecule has 2 aliphatic rings. The zero-order chi connectivity index (χ0) is 27.4. The van der Waals surface area contributed by atoms with E-state index in [0.717, 1.165) is 25.7 Å². The van der Waals surface area contributed by atoms with Crippen LogP contribution in [0.5, 0.6) is 0 Å². The Kier molecular flexibility index (Phi) is 7.52. The Morgan fingerprint density at radius 2 is 0.756 bits per heavy atom. The molecule has 6 aromatic carbocycles. The van der Waals surface area contributed by atoms with Crippen molar-refractivity contribution in [3.8, 4) is 22.3 Å². The molecule has 0 nitrogen and oxygen atoms in total. The van der Waals surface area contributed by atoms with E-state index in [0.29, 0.717) is 0 Å². The van der Waals surface area contributed by atoms with E-state index in [4.69, 9.17) is 0 Å². The molecular weight excluding hydrogens is 528 g/mol. The monoisotopic (exact) mass is 560 g/mol. The van der Waals surface area contributed by atoms with Crippen LogP contribution in [0, 0.1) is 0 Å². The van der Waals surface area contributed by atoms with Gasteiger partial charge in [-0.2, -0.15) is 0 Å². The Morgan fingerprint density at radius 3 is 1.22 bits per heavy atom. The first-order chi connectivity index (χ1) is 20.3. The average molecular weight is 561 g/mol. The maximum absolute atomic E-state index is 2.38. The Morgan fingerprint density at radius 1 is 0.366 bits per heavy atom. The summed E-state index contributed by atoms with van der Waals surface area (Å²) in [6.07, 6.45) is 4.45. The summed E-state index contributed by atoms with van der Waals surface area (Å²) in [5.41, 5.74) is 14.7. The SMILES string of the molecule is c1ccc(CCc2ccccc2)cc1.c1ccc2c(c1)Cc1[c]([Ti][c]3cccc4c3Cc3ccccc3-4)cccc1-2. The number of hydrogen-bond acceptors (Lipinski definition) is 0. The van der Waals surface area contributed by atoms with Crippen molar-refractivity contribution in [3.63, 3.8) is 0 Å². The Labute approximate surface area is 252 Å². The van der Waals surface area contributed by atoms with Gasteiger partial charge in [-0.25, -0.2) is 0 Å². The van der Waals surface area contributed by atoms with Gasteiger partial charge in [0.1, 0.15) is 0 Å². The third kappa shape index (κ3) is 5.51. The van der Waals surface area contributed by atoms with Gasteiger partial charge in [0.2, 0.25) is 0 Å². The first-order valence-electron chi connectivity index (χ1n) is 14.6. The molecule has 0 aromatic heterocycles. The summed E-state index contributed by atoms with van der Waals surface area (Å²) in [5.74, 6) is 0. The molecule has 0 heterocycles. The van der Waals surface area contributed by atoms with Gasteiger partial charge in [0, 0.05) is 0 Å². The van der Waals surface area contributed by atoms with Crippen molar-refractivity contribution in [2.75, 3.05) is 0 Å². The van der Waals surface area contributed by atoms with Crippen LogP contribution in [-0.4, -0.2) is 0 Å². The van der Waals surface area contributed by atoms with E-state index in [1.54, 1.807) is 18.9 Å². The van der Waals surface area contributed by atoms with Crippen molar-refractivity contribution in [2.45, 2.75) is 25.7 Å². The summed E-state index contributed by atoms with van der Waals surface area (Å²) in [6, 6.07) is 52.9. The molecule has 196 valence electrons. The van der Waals surface area contributed by atoms with Crippen LogP contribution in [0.15, 0.2) is 146 Å². The van der Waals surface area contributed by atoms with Crippen LogP contribution in [0.3, 0.4) is 0 Å². The molecule has 0 aliphatic heterocycles. The van der Waals surface area contributed by atoms with E-state index in [1.807, 2.05) is 0 Å². The molecule has 0 N–H and O–H groups in total. The van der Waals surface area contributed by atoms with Crippen molar-refractivity contribution >= 4 is 7.74 Å². The molecule has 0 unspecified atom stereocenters. The zero-order valence-corrected chi connectivity index (χ0v) is 24.7. The number of aryl methyl sites for hydroxylation is 2. The predicted octanol–water partition coefficient (Wildman–Crippen LogP) is 8.33. The molecule has 0 atom stereocenters. The van der Waals surface area contributed by atoms with Crippen LogP contribution in [0.1, 0.15) is 33.4 Å². The number of benzene rings is 6. The van der Waals surface area contributed by atoms with Crippen molar-refractivity contribution in [1.82, 2.24) is 0 Å². The molecule has 0 saturated carbocycles. The van der Waals surface area contributed by atoms with Crippen LogP contribution >= 0.6 is 0 Å². The topological polar surface area (TPSA) is 0 Å². The maximum atomic E-state index is 2.38. The second-order valence-electron chi connectivity index (χ2n) is 10.9. The summed E-state index contributed by atoms with van der Waals surface area (Å²) < 4.78 is 3.21. The quantitative estimate of drug-likeness (QED) is 0.186. The second kappa shape index (κ2) is 11.9. The summed E-state index contributed by atoms with van der Waals surface area (Å²) in [5, 5.41) is 0. The molecule has 0 spiro atoms. The van der Waals surface area contributed by atoms with Crippen LogP contribution in [0.2, 0.25) is 0 Å². The van der Waals surface area contributed by atoms with Gasteiger partial charge < -0.3 is 0 Å². The third-order valence-corrected chi connectivity index (χ3v) is 10.7. The minimum absolute atomic E-state index is 0.354. The van der Waals surface area contributed by atoms with Crippen molar-refractivity contribution in [2.24, 2.45) is 0 Å². The van der Waals surface area contributed by atoms with Crippen molar-refractivity contribution in [3.05, 3.63) is 179 Å². The molecule has 0 fully saturated rings. The molecule has 2 aliphatic carbocycles. The van der Waals surface area contributed by atoms with Gasteiger partial charge in [-0.1, -0.05) is 60.7 Å². The fourth-order valence-electron chi connectivity index (χ4n) is 6.27. The van der Waals surface area contributed by atoms with Crippen LogP contribution < -0.4 is 7.74 Å². The Bertz CT molecular complexity index is 1670. The fraction of sp³-hybridized carbons (Fsp3) is 0.100. The van der Waals surface area contributed by atoms with Crippen LogP contribution in [-0.2, 0) is 44.8 Å². The third-order valence-electron chi connectivity index (χ3n) is 8.36. The number of fused-ring (bicyclic) bond motifs is 6. The average Bonchev–Trinajstić information content (AvgIpc) is 3.61. The molecule has 41 heavy (non-hydrogen) atoms. The molecular formula is C40H32Ti. The van der Waals surface area contributed by atoms with E-state index in [1.165, 1.54) is 44.5 Å². The van der Waals surface area contributed by atoms with Gasteiger partial charge in [-0.05, 0) is 24.0 Å². The van der Waals surface area contributed by atoms with E-state index >= 15 is 0 Å². The molecule has 8 rings (SSSR count). The molecule has 0 bridgehead atoms. The first kappa shape index (κ1) is 26.0. The van der Waals surface area contributed by atoms with Crippen LogP contribution in [0.4, 0.5) is 0 Å². The van der Waals surface area contributed by atoms with Gasteiger partial charge in [-0.3, -0.25) is 0 Å². The van der Waals surface area contributed by atoms with Gasteiger partial charge in [0.25, 0.3) is 0 Å². The normalized spacial score (nSPS) is 11.9. The predicted molar refractivity (Wildman–Crippen MR) is 169 cm³/mol. The second-order valence-corrected chi connectivity index (χ2v) is 13.0.